The Morgan fingerprint density at radius 1 is 0.929 bits per heavy atom. The van der Waals surface area contributed by atoms with Crippen molar-refractivity contribution in [3.8, 4) is 11.4 Å². The molecule has 1 aromatic heterocycles. The Morgan fingerprint density at radius 2 is 1.62 bits per heavy atom. The van der Waals surface area contributed by atoms with Gasteiger partial charge in [-0.15, -0.1) is 0 Å². The minimum atomic E-state index is -4.71. The topological polar surface area (TPSA) is 86.9 Å². The van der Waals surface area contributed by atoms with Gasteiger partial charge in [0, 0.05) is 28.9 Å². The number of aromatic amines is 1. The number of carbonyl (C=O) groups is 2. The molecule has 0 aliphatic heterocycles. The third-order valence-corrected chi connectivity index (χ3v) is 7.00. The highest BCUT2D eigenvalue weighted by Gasteiger charge is 2.68. The Kier molecular flexibility index (Phi) is 7.19. The number of rotatable bonds is 7. The summed E-state index contributed by atoms with van der Waals surface area (Å²) in [4.78, 5) is 32.1. The summed E-state index contributed by atoms with van der Waals surface area (Å²) in [7, 11) is 0. The lowest BCUT2D eigenvalue weighted by Crippen LogP contribution is -2.40. The molecule has 0 saturated heterocycles. The Balaban J connectivity index is 1.30. The van der Waals surface area contributed by atoms with Gasteiger partial charge in [0.1, 0.15) is 11.2 Å². The van der Waals surface area contributed by atoms with Gasteiger partial charge in [0.2, 0.25) is 5.91 Å². The van der Waals surface area contributed by atoms with Crippen LogP contribution in [0.25, 0.3) is 22.4 Å². The predicted molar refractivity (Wildman–Crippen MR) is 135 cm³/mol. The zero-order chi connectivity index (χ0) is 30.4. The lowest BCUT2D eigenvalue weighted by Gasteiger charge is -2.19. The van der Waals surface area contributed by atoms with Crippen molar-refractivity contribution >= 4 is 28.5 Å². The highest BCUT2D eigenvalue weighted by atomic mass is 19.4. The average molecular weight is 596 g/mol. The Labute approximate surface area is 232 Å². The van der Waals surface area contributed by atoms with Crippen LogP contribution in [0.5, 0.6) is 0 Å². The summed E-state index contributed by atoms with van der Waals surface area (Å²) < 4.78 is 106. The number of carbonyl (C=O) groups excluding carboxylic acids is 2. The van der Waals surface area contributed by atoms with E-state index in [-0.39, 0.29) is 35.4 Å². The van der Waals surface area contributed by atoms with Crippen molar-refractivity contribution < 1.29 is 44.7 Å². The van der Waals surface area contributed by atoms with Crippen LogP contribution in [0.3, 0.4) is 0 Å². The molecule has 0 bridgehead atoms. The van der Waals surface area contributed by atoms with E-state index in [4.69, 9.17) is 0 Å². The minimum absolute atomic E-state index is 0.143. The summed E-state index contributed by atoms with van der Waals surface area (Å²) in [6.07, 6.45) is -13.0. The van der Waals surface area contributed by atoms with E-state index in [2.05, 4.69) is 20.6 Å². The van der Waals surface area contributed by atoms with E-state index in [1.165, 1.54) is 36.4 Å². The van der Waals surface area contributed by atoms with Crippen LogP contribution < -0.4 is 10.6 Å². The van der Waals surface area contributed by atoms with Crippen LogP contribution in [0.4, 0.5) is 40.8 Å². The second kappa shape index (κ2) is 10.4. The molecule has 0 unspecified atom stereocenters. The molecule has 6 nitrogen and oxygen atoms in total. The van der Waals surface area contributed by atoms with Crippen molar-refractivity contribution in [2.24, 2.45) is 5.41 Å². The molecule has 1 saturated carbocycles. The number of nitrogens with one attached hydrogen (secondary N) is 3. The van der Waals surface area contributed by atoms with Crippen LogP contribution in [0.1, 0.15) is 46.3 Å². The number of amides is 2. The highest BCUT2D eigenvalue weighted by Crippen LogP contribution is 2.57. The van der Waals surface area contributed by atoms with Crippen molar-refractivity contribution in [1.29, 1.82) is 0 Å². The molecular weight excluding hydrogens is 576 g/mol. The number of benzene rings is 3. The molecule has 3 N–H and O–H groups in total. The van der Waals surface area contributed by atoms with Crippen molar-refractivity contribution in [3.05, 3.63) is 82.9 Å². The van der Waals surface area contributed by atoms with Gasteiger partial charge >= 0.3 is 12.4 Å². The number of aromatic nitrogens is 2. The van der Waals surface area contributed by atoms with E-state index in [0.717, 1.165) is 24.3 Å². The second-order valence-corrected chi connectivity index (χ2v) is 9.83. The lowest BCUT2D eigenvalue weighted by atomic mass is 10.0. The molecule has 220 valence electrons. The first-order chi connectivity index (χ1) is 19.7. The van der Waals surface area contributed by atoms with Gasteiger partial charge in [0.25, 0.3) is 12.3 Å². The zero-order valence-corrected chi connectivity index (χ0v) is 21.3. The predicted octanol–water partition coefficient (Wildman–Crippen LogP) is 7.40. The van der Waals surface area contributed by atoms with Crippen molar-refractivity contribution in [3.63, 3.8) is 0 Å². The van der Waals surface area contributed by atoms with Crippen LogP contribution in [0.2, 0.25) is 0 Å². The third-order valence-electron chi connectivity index (χ3n) is 7.00. The number of H-pyrrole nitrogens is 1. The molecule has 0 radical (unpaired) electrons. The quantitative estimate of drug-likeness (QED) is 0.195. The van der Waals surface area contributed by atoms with Gasteiger partial charge < -0.3 is 15.6 Å². The Hall–Kier alpha value is -4.49. The van der Waals surface area contributed by atoms with Gasteiger partial charge in [-0.2, -0.15) is 26.3 Å². The number of halogens is 8. The summed E-state index contributed by atoms with van der Waals surface area (Å²) in [6.45, 7) is -0.406. The van der Waals surface area contributed by atoms with E-state index in [0.29, 0.717) is 11.1 Å². The first-order valence-electron chi connectivity index (χ1n) is 12.4. The summed E-state index contributed by atoms with van der Waals surface area (Å²) in [5.41, 5.74) is -3.07. The number of hydrogen-bond acceptors (Lipinski definition) is 3. The lowest BCUT2D eigenvalue weighted by molar-refractivity contribution is -0.192. The normalized spacial score (nSPS) is 14.7. The van der Waals surface area contributed by atoms with Crippen molar-refractivity contribution in [2.45, 2.75) is 38.2 Å². The van der Waals surface area contributed by atoms with Gasteiger partial charge in [0.15, 0.2) is 0 Å². The summed E-state index contributed by atoms with van der Waals surface area (Å²) in [5, 5.41) is 4.64. The summed E-state index contributed by atoms with van der Waals surface area (Å²) in [6, 6.07) is 12.2. The monoisotopic (exact) mass is 596 g/mol. The Bertz CT molecular complexity index is 1660. The van der Waals surface area contributed by atoms with E-state index in [1.54, 1.807) is 0 Å². The summed E-state index contributed by atoms with van der Waals surface area (Å²) in [5.74, 6) is -1.89. The molecule has 3 aromatic carbocycles. The fraction of sp³-hybridized carbons (Fsp3) is 0.250. The molecule has 14 heteroatoms. The van der Waals surface area contributed by atoms with Gasteiger partial charge in [-0.05, 0) is 66.9 Å². The molecule has 1 aliphatic carbocycles. The molecule has 0 spiro atoms. The first kappa shape index (κ1) is 29.0. The fourth-order valence-corrected chi connectivity index (χ4v) is 4.45. The molecule has 1 heterocycles. The largest absolute Gasteiger partial charge is 0.416 e. The Morgan fingerprint density at radius 3 is 2.21 bits per heavy atom. The van der Waals surface area contributed by atoms with E-state index in [1.807, 2.05) is 0 Å². The van der Waals surface area contributed by atoms with Gasteiger partial charge in [0.05, 0.1) is 16.6 Å². The maximum absolute atomic E-state index is 13.6. The highest BCUT2D eigenvalue weighted by molar-refractivity contribution is 6.05. The number of nitrogens with zero attached hydrogens (tertiary/aromatic N) is 1. The van der Waals surface area contributed by atoms with Gasteiger partial charge in [-0.3, -0.25) is 9.59 Å². The zero-order valence-electron chi connectivity index (χ0n) is 21.3. The van der Waals surface area contributed by atoms with E-state index < -0.39 is 59.2 Å². The third kappa shape index (κ3) is 5.65. The minimum Gasteiger partial charge on any atom is -0.351 e. The standard InChI is InChI=1S/C28H20F8N4O2/c29-22(30)18-7-1-14(13-37-25(42)26(9-10-26)28(34,35)36)11-19(18)24(41)38-17-5-2-15(3-6-17)23-39-20-8-4-16(27(31,32)33)12-21(20)40-23/h1-8,11-12,22H,9-10,13H2,(H,37,42)(H,38,41)(H,39,40). The van der Waals surface area contributed by atoms with Crippen LogP contribution in [0, 0.1) is 5.41 Å². The van der Waals surface area contributed by atoms with Crippen LogP contribution >= 0.6 is 0 Å². The smallest absolute Gasteiger partial charge is 0.351 e. The first-order valence-corrected chi connectivity index (χ1v) is 12.4. The van der Waals surface area contributed by atoms with Gasteiger partial charge in [-0.1, -0.05) is 12.1 Å². The summed E-state index contributed by atoms with van der Waals surface area (Å²) >= 11 is 0. The maximum Gasteiger partial charge on any atom is 0.416 e. The molecule has 42 heavy (non-hydrogen) atoms. The molecule has 4 aromatic rings. The number of alkyl halides is 8. The molecule has 2 amide bonds. The number of anilines is 1. The van der Waals surface area contributed by atoms with Gasteiger partial charge in [-0.25, -0.2) is 13.8 Å². The molecule has 5 rings (SSSR count). The molecule has 1 aliphatic rings. The maximum atomic E-state index is 13.6. The van der Waals surface area contributed by atoms with E-state index in [9.17, 15) is 44.7 Å². The van der Waals surface area contributed by atoms with Crippen LogP contribution in [-0.4, -0.2) is 28.0 Å². The van der Waals surface area contributed by atoms with E-state index >= 15 is 0 Å². The SMILES string of the molecule is O=C(Nc1ccc(-c2nc3ccc(C(F)(F)F)cc3[nH]2)cc1)c1cc(CNC(=O)C2(C(F)(F)F)CC2)ccc1C(F)F. The average Bonchev–Trinajstić information content (AvgIpc) is 3.65. The molecule has 1 fully saturated rings. The van der Waals surface area contributed by atoms with Crippen LogP contribution in [-0.2, 0) is 17.5 Å². The molecule has 0 atom stereocenters. The molecular formula is C28H20F8N4O2. The van der Waals surface area contributed by atoms with Crippen molar-refractivity contribution in [1.82, 2.24) is 15.3 Å². The van der Waals surface area contributed by atoms with Crippen molar-refractivity contribution in [2.75, 3.05) is 5.32 Å². The van der Waals surface area contributed by atoms with Crippen LogP contribution in [0.15, 0.2) is 60.7 Å². The fourth-order valence-electron chi connectivity index (χ4n) is 4.45. The number of fused-ring (bicyclic) bond motifs is 1. The number of imidazole rings is 1. The second-order valence-electron chi connectivity index (χ2n) is 9.83. The number of hydrogen-bond donors (Lipinski definition) is 3.